The van der Waals surface area contributed by atoms with Crippen LogP contribution in [0.4, 0.5) is 4.39 Å². The Morgan fingerprint density at radius 1 is 0.926 bits per heavy atom. The summed E-state index contributed by atoms with van der Waals surface area (Å²) >= 11 is 0. The Balaban J connectivity index is 1.54. The molecule has 0 N–H and O–H groups in total. The van der Waals surface area contributed by atoms with Crippen LogP contribution < -0.4 is 4.74 Å². The lowest BCUT2D eigenvalue weighted by Crippen LogP contribution is -2.13. The molecule has 0 aliphatic heterocycles. The molecule has 0 bridgehead atoms. The fraction of sp³-hybridized carbons (Fsp3) is 0.520. The molecule has 146 valence electrons. The highest BCUT2D eigenvalue weighted by atomic mass is 19.1. The van der Waals surface area contributed by atoms with Gasteiger partial charge in [-0.1, -0.05) is 63.4 Å². The van der Waals surface area contributed by atoms with Gasteiger partial charge in [0, 0.05) is 0 Å². The molecule has 27 heavy (non-hydrogen) atoms. The number of benzene rings is 2. The van der Waals surface area contributed by atoms with Crippen LogP contribution in [-0.2, 0) is 13.0 Å². The fourth-order valence-electron chi connectivity index (χ4n) is 4.20. The highest BCUT2D eigenvalue weighted by Crippen LogP contribution is 2.38. The van der Waals surface area contributed by atoms with Gasteiger partial charge in [0.2, 0.25) is 0 Å². The van der Waals surface area contributed by atoms with Gasteiger partial charge in [-0.2, -0.15) is 0 Å². The van der Waals surface area contributed by atoms with Crippen molar-refractivity contribution in [3.8, 4) is 5.75 Å². The Bertz CT molecular complexity index is 699. The predicted molar refractivity (Wildman–Crippen MR) is 111 cm³/mol. The first-order chi connectivity index (χ1) is 13.2. The second-order valence-electron chi connectivity index (χ2n) is 8.01. The highest BCUT2D eigenvalue weighted by molar-refractivity contribution is 5.32. The number of unbranched alkanes of at least 4 members (excludes halogenated alkanes) is 1. The van der Waals surface area contributed by atoms with Crippen molar-refractivity contribution in [3.05, 3.63) is 65.0 Å². The van der Waals surface area contributed by atoms with E-state index in [1.54, 1.807) is 6.07 Å². The maximum absolute atomic E-state index is 14.5. The molecule has 1 saturated carbocycles. The predicted octanol–water partition coefficient (Wildman–Crippen LogP) is 7.43. The highest BCUT2D eigenvalue weighted by Gasteiger charge is 2.22. The fourth-order valence-corrected chi connectivity index (χ4v) is 4.20. The second-order valence-corrected chi connectivity index (χ2v) is 8.01. The number of halogens is 1. The van der Waals surface area contributed by atoms with Gasteiger partial charge in [0.15, 0.2) is 11.6 Å². The zero-order valence-electron chi connectivity index (χ0n) is 16.8. The van der Waals surface area contributed by atoms with Crippen LogP contribution in [0.25, 0.3) is 0 Å². The molecule has 0 heterocycles. The van der Waals surface area contributed by atoms with E-state index in [9.17, 15) is 4.39 Å². The molecule has 1 aliphatic carbocycles. The van der Waals surface area contributed by atoms with E-state index in [1.807, 2.05) is 6.07 Å². The van der Waals surface area contributed by atoms with E-state index in [0.717, 1.165) is 23.5 Å². The molecule has 1 aliphatic rings. The number of hydrogen-bond donors (Lipinski definition) is 0. The van der Waals surface area contributed by atoms with Crippen molar-refractivity contribution < 1.29 is 9.13 Å². The number of rotatable bonds is 8. The van der Waals surface area contributed by atoms with Crippen molar-refractivity contribution in [1.82, 2.24) is 0 Å². The number of ether oxygens (including phenoxy) is 1. The van der Waals surface area contributed by atoms with Crippen LogP contribution in [-0.4, -0.2) is 0 Å². The normalized spacial score (nSPS) is 19.8. The Morgan fingerprint density at radius 3 is 2.26 bits per heavy atom. The zero-order chi connectivity index (χ0) is 19.1. The molecule has 2 aromatic carbocycles. The molecule has 0 unspecified atom stereocenters. The first-order valence-corrected chi connectivity index (χ1v) is 10.7. The summed E-state index contributed by atoms with van der Waals surface area (Å²) in [4.78, 5) is 0. The molecule has 2 heteroatoms. The van der Waals surface area contributed by atoms with Crippen LogP contribution in [0.15, 0.2) is 42.5 Å². The van der Waals surface area contributed by atoms with Gasteiger partial charge in [0.25, 0.3) is 0 Å². The van der Waals surface area contributed by atoms with E-state index >= 15 is 0 Å². The van der Waals surface area contributed by atoms with Gasteiger partial charge in [0.1, 0.15) is 6.61 Å². The van der Waals surface area contributed by atoms with Crippen molar-refractivity contribution in [2.75, 3.05) is 0 Å². The quantitative estimate of drug-likeness (QED) is 0.471. The third-order valence-corrected chi connectivity index (χ3v) is 6.07. The van der Waals surface area contributed by atoms with E-state index in [1.165, 1.54) is 50.5 Å². The molecule has 1 fully saturated rings. The van der Waals surface area contributed by atoms with Crippen LogP contribution in [0, 0.1) is 11.7 Å². The smallest absolute Gasteiger partial charge is 0.165 e. The number of hydrogen-bond acceptors (Lipinski definition) is 1. The minimum absolute atomic E-state index is 0.231. The van der Waals surface area contributed by atoms with Crippen LogP contribution in [0.3, 0.4) is 0 Å². The first kappa shape index (κ1) is 19.9. The molecule has 0 amide bonds. The maximum Gasteiger partial charge on any atom is 0.165 e. The van der Waals surface area contributed by atoms with Gasteiger partial charge in [-0.3, -0.25) is 0 Å². The van der Waals surface area contributed by atoms with E-state index < -0.39 is 0 Å². The summed E-state index contributed by atoms with van der Waals surface area (Å²) < 4.78 is 20.3. The third-order valence-electron chi connectivity index (χ3n) is 6.07. The van der Waals surface area contributed by atoms with Crippen LogP contribution in [0.2, 0.25) is 0 Å². The third kappa shape index (κ3) is 5.57. The van der Waals surface area contributed by atoms with Gasteiger partial charge in [-0.05, 0) is 72.8 Å². The molecule has 3 rings (SSSR count). The summed E-state index contributed by atoms with van der Waals surface area (Å²) in [6.07, 6.45) is 9.99. The Kier molecular flexibility index (Phi) is 7.32. The van der Waals surface area contributed by atoms with E-state index in [-0.39, 0.29) is 5.82 Å². The second kappa shape index (κ2) is 9.92. The lowest BCUT2D eigenvalue weighted by Gasteiger charge is -2.29. The van der Waals surface area contributed by atoms with Crippen molar-refractivity contribution in [2.45, 2.75) is 77.7 Å². The summed E-state index contributed by atoms with van der Waals surface area (Å²) in [5.41, 5.74) is 3.51. The van der Waals surface area contributed by atoms with Crippen molar-refractivity contribution in [1.29, 1.82) is 0 Å². The van der Waals surface area contributed by atoms with E-state index in [0.29, 0.717) is 18.3 Å². The molecule has 0 spiro atoms. The average Bonchev–Trinajstić information content (AvgIpc) is 2.72. The molecule has 0 saturated heterocycles. The molecule has 2 aromatic rings. The van der Waals surface area contributed by atoms with Gasteiger partial charge in [-0.25, -0.2) is 4.39 Å². The lowest BCUT2D eigenvalue weighted by molar-refractivity contribution is 0.288. The monoisotopic (exact) mass is 368 g/mol. The topological polar surface area (TPSA) is 9.23 Å². The summed E-state index contributed by atoms with van der Waals surface area (Å²) in [5.74, 6) is 1.52. The minimum atomic E-state index is -0.231. The van der Waals surface area contributed by atoms with Crippen molar-refractivity contribution >= 4 is 0 Å². The summed E-state index contributed by atoms with van der Waals surface area (Å²) in [7, 11) is 0. The summed E-state index contributed by atoms with van der Waals surface area (Å²) in [6, 6.07) is 13.9. The van der Waals surface area contributed by atoms with Gasteiger partial charge in [0.05, 0.1) is 0 Å². The Hall–Kier alpha value is -1.83. The van der Waals surface area contributed by atoms with Gasteiger partial charge in [-0.15, -0.1) is 0 Å². The molecule has 0 atom stereocenters. The molecule has 0 aromatic heterocycles. The summed E-state index contributed by atoms with van der Waals surface area (Å²) in [6.45, 7) is 4.81. The molecular weight excluding hydrogens is 335 g/mol. The van der Waals surface area contributed by atoms with Gasteiger partial charge >= 0.3 is 0 Å². The SMILES string of the molecule is CCCCC1CCC(c2ccc(OCc3ccc(CC)cc3)c(F)c2)CC1. The first-order valence-electron chi connectivity index (χ1n) is 10.7. The molecule has 0 radical (unpaired) electrons. The van der Waals surface area contributed by atoms with Crippen LogP contribution >= 0.6 is 0 Å². The van der Waals surface area contributed by atoms with Crippen molar-refractivity contribution in [2.24, 2.45) is 5.92 Å². The standard InChI is InChI=1S/C25H33FO/c1-3-5-6-20-11-13-22(14-12-20)23-15-16-25(24(26)17-23)27-18-21-9-7-19(4-2)8-10-21/h7-10,15-17,20,22H,3-6,11-14,18H2,1-2H3. The number of aryl methyl sites for hydroxylation is 1. The lowest BCUT2D eigenvalue weighted by atomic mass is 9.77. The average molecular weight is 369 g/mol. The minimum Gasteiger partial charge on any atom is -0.486 e. The van der Waals surface area contributed by atoms with Crippen LogP contribution in [0.1, 0.15) is 81.4 Å². The Labute approximate surface area is 164 Å². The van der Waals surface area contributed by atoms with E-state index in [4.69, 9.17) is 4.74 Å². The molecule has 1 nitrogen and oxygen atoms in total. The Morgan fingerprint density at radius 2 is 1.63 bits per heavy atom. The largest absolute Gasteiger partial charge is 0.486 e. The zero-order valence-corrected chi connectivity index (χ0v) is 16.8. The summed E-state index contributed by atoms with van der Waals surface area (Å²) in [5, 5.41) is 0. The molecular formula is C25H33FO. The van der Waals surface area contributed by atoms with E-state index in [2.05, 4.69) is 44.2 Å². The van der Waals surface area contributed by atoms with Gasteiger partial charge < -0.3 is 4.74 Å². The van der Waals surface area contributed by atoms with Crippen LogP contribution in [0.5, 0.6) is 5.75 Å². The maximum atomic E-state index is 14.5. The van der Waals surface area contributed by atoms with Crippen molar-refractivity contribution in [3.63, 3.8) is 0 Å².